The quantitative estimate of drug-likeness (QED) is 0.632. The molecular formula is C10H13F2N3O2. The highest BCUT2D eigenvalue weighted by Crippen LogP contribution is 2.27. The number of anilines is 1. The Bertz CT molecular complexity index is 403. The van der Waals surface area contributed by atoms with Gasteiger partial charge in [0, 0.05) is 19.6 Å². The molecule has 2 N–H and O–H groups in total. The van der Waals surface area contributed by atoms with E-state index in [4.69, 9.17) is 5.73 Å². The largest absolute Gasteiger partial charge is 0.366 e. The van der Waals surface area contributed by atoms with Gasteiger partial charge in [0.25, 0.3) is 5.69 Å². The molecule has 94 valence electrons. The predicted octanol–water partition coefficient (Wildman–Crippen LogP) is 1.66. The van der Waals surface area contributed by atoms with Crippen molar-refractivity contribution in [1.29, 1.82) is 0 Å². The lowest BCUT2D eigenvalue weighted by molar-refractivity contribution is -0.385. The van der Waals surface area contributed by atoms with Gasteiger partial charge in [0.1, 0.15) is 5.69 Å². The van der Waals surface area contributed by atoms with Gasteiger partial charge in [-0.05, 0) is 6.92 Å². The first-order valence-electron chi connectivity index (χ1n) is 5.09. The molecule has 0 aromatic heterocycles. The smallest absolute Gasteiger partial charge is 0.275 e. The molecule has 1 rings (SSSR count). The van der Waals surface area contributed by atoms with Gasteiger partial charge in [0.05, 0.1) is 17.1 Å². The molecule has 0 atom stereocenters. The van der Waals surface area contributed by atoms with E-state index < -0.39 is 22.2 Å². The van der Waals surface area contributed by atoms with Crippen LogP contribution in [0.3, 0.4) is 0 Å². The van der Waals surface area contributed by atoms with Gasteiger partial charge in [-0.1, -0.05) is 0 Å². The summed E-state index contributed by atoms with van der Waals surface area (Å²) >= 11 is 0. The minimum atomic E-state index is -0.952. The van der Waals surface area contributed by atoms with E-state index >= 15 is 0 Å². The van der Waals surface area contributed by atoms with Crippen LogP contribution in [0.4, 0.5) is 20.2 Å². The second-order valence-electron chi connectivity index (χ2n) is 3.38. The van der Waals surface area contributed by atoms with E-state index in [9.17, 15) is 18.9 Å². The average molecular weight is 245 g/mol. The van der Waals surface area contributed by atoms with Crippen molar-refractivity contribution in [3.05, 3.63) is 33.9 Å². The lowest BCUT2D eigenvalue weighted by atomic mass is 10.2. The third-order valence-electron chi connectivity index (χ3n) is 2.31. The van der Waals surface area contributed by atoms with Crippen molar-refractivity contribution >= 4 is 11.4 Å². The normalized spacial score (nSPS) is 10.4. The Kier molecular flexibility index (Phi) is 4.33. The Morgan fingerprint density at radius 1 is 1.41 bits per heavy atom. The Balaban J connectivity index is 3.20. The molecule has 0 bridgehead atoms. The lowest BCUT2D eigenvalue weighted by Crippen LogP contribution is -2.30. The van der Waals surface area contributed by atoms with Crippen LogP contribution in [0.5, 0.6) is 0 Å². The summed E-state index contributed by atoms with van der Waals surface area (Å²) < 4.78 is 27.2. The second kappa shape index (κ2) is 5.53. The number of halogens is 2. The standard InChI is InChI=1S/C10H13F2N3O2/c1-2-14(4-3-13)10-8(11)5-7(15(16)17)6-9(10)12/h5-6H,2-4,13H2,1H3. The van der Waals surface area contributed by atoms with Crippen LogP contribution >= 0.6 is 0 Å². The molecule has 0 radical (unpaired) electrons. The van der Waals surface area contributed by atoms with Crippen LogP contribution in [-0.4, -0.2) is 24.6 Å². The number of rotatable bonds is 5. The van der Waals surface area contributed by atoms with Crippen molar-refractivity contribution in [2.24, 2.45) is 5.73 Å². The summed E-state index contributed by atoms with van der Waals surface area (Å²) in [5, 5.41) is 10.4. The summed E-state index contributed by atoms with van der Waals surface area (Å²) in [5.41, 5.74) is 4.45. The molecule has 7 heteroatoms. The molecule has 0 fully saturated rings. The minimum Gasteiger partial charge on any atom is -0.366 e. The number of non-ortho nitro benzene ring substituents is 1. The number of hydrogen-bond acceptors (Lipinski definition) is 4. The number of nitrogens with zero attached hydrogens (tertiary/aromatic N) is 2. The molecule has 17 heavy (non-hydrogen) atoms. The van der Waals surface area contributed by atoms with E-state index in [1.54, 1.807) is 6.92 Å². The van der Waals surface area contributed by atoms with E-state index in [0.717, 1.165) is 0 Å². The Hall–Kier alpha value is -1.76. The zero-order chi connectivity index (χ0) is 13.0. The summed E-state index contributed by atoms with van der Waals surface area (Å²) in [7, 11) is 0. The van der Waals surface area contributed by atoms with Gasteiger partial charge < -0.3 is 10.6 Å². The highest BCUT2D eigenvalue weighted by atomic mass is 19.1. The molecule has 1 aromatic carbocycles. The van der Waals surface area contributed by atoms with Crippen molar-refractivity contribution in [2.75, 3.05) is 24.5 Å². The van der Waals surface area contributed by atoms with Crippen LogP contribution in [0.2, 0.25) is 0 Å². The van der Waals surface area contributed by atoms with Crippen LogP contribution in [0, 0.1) is 21.7 Å². The molecule has 0 saturated heterocycles. The highest BCUT2D eigenvalue weighted by molar-refractivity contribution is 5.53. The number of nitro benzene ring substituents is 1. The summed E-state index contributed by atoms with van der Waals surface area (Å²) in [6.07, 6.45) is 0. The molecule has 1 aromatic rings. The maximum Gasteiger partial charge on any atom is 0.275 e. The van der Waals surface area contributed by atoms with Crippen molar-refractivity contribution in [2.45, 2.75) is 6.92 Å². The predicted molar refractivity (Wildman–Crippen MR) is 60.0 cm³/mol. The number of likely N-dealkylation sites (N-methyl/N-ethyl adjacent to an activating group) is 1. The first-order valence-corrected chi connectivity index (χ1v) is 5.09. The summed E-state index contributed by atoms with van der Waals surface area (Å²) in [5.74, 6) is -1.90. The molecule has 0 aliphatic rings. The van der Waals surface area contributed by atoms with Gasteiger partial charge in [-0.3, -0.25) is 10.1 Å². The highest BCUT2D eigenvalue weighted by Gasteiger charge is 2.20. The molecule has 0 aliphatic heterocycles. The maximum atomic E-state index is 13.6. The first-order chi connectivity index (χ1) is 8.01. The molecule has 0 saturated carbocycles. The van der Waals surface area contributed by atoms with Crippen LogP contribution in [0.15, 0.2) is 12.1 Å². The van der Waals surface area contributed by atoms with E-state index in [0.29, 0.717) is 18.7 Å². The molecule has 0 spiro atoms. The van der Waals surface area contributed by atoms with Crippen LogP contribution in [-0.2, 0) is 0 Å². The van der Waals surface area contributed by atoms with Gasteiger partial charge in [0.2, 0.25) is 0 Å². The van der Waals surface area contributed by atoms with E-state index in [1.165, 1.54) is 4.90 Å². The van der Waals surface area contributed by atoms with E-state index in [-0.39, 0.29) is 18.8 Å². The van der Waals surface area contributed by atoms with Gasteiger partial charge in [-0.15, -0.1) is 0 Å². The summed E-state index contributed by atoms with van der Waals surface area (Å²) in [4.78, 5) is 11.0. The monoisotopic (exact) mass is 245 g/mol. The number of nitro groups is 1. The second-order valence-corrected chi connectivity index (χ2v) is 3.38. The van der Waals surface area contributed by atoms with Gasteiger partial charge in [-0.25, -0.2) is 8.78 Å². The Morgan fingerprint density at radius 2 is 1.94 bits per heavy atom. The third-order valence-corrected chi connectivity index (χ3v) is 2.31. The van der Waals surface area contributed by atoms with E-state index in [2.05, 4.69) is 0 Å². The van der Waals surface area contributed by atoms with Gasteiger partial charge in [0.15, 0.2) is 11.6 Å². The molecule has 0 heterocycles. The van der Waals surface area contributed by atoms with Crippen LogP contribution in [0.1, 0.15) is 6.92 Å². The molecule has 5 nitrogen and oxygen atoms in total. The molecular weight excluding hydrogens is 232 g/mol. The summed E-state index contributed by atoms with van der Waals surface area (Å²) in [6.45, 7) is 2.60. The number of nitrogens with two attached hydrogens (primary N) is 1. The average Bonchev–Trinajstić information content (AvgIpc) is 2.26. The van der Waals surface area contributed by atoms with Crippen LogP contribution < -0.4 is 10.6 Å². The van der Waals surface area contributed by atoms with Crippen molar-refractivity contribution in [3.8, 4) is 0 Å². The lowest BCUT2D eigenvalue weighted by Gasteiger charge is -2.23. The molecule has 0 aliphatic carbocycles. The van der Waals surface area contributed by atoms with Crippen molar-refractivity contribution in [1.82, 2.24) is 0 Å². The Labute approximate surface area is 97.0 Å². The topological polar surface area (TPSA) is 72.4 Å². The van der Waals surface area contributed by atoms with Crippen molar-refractivity contribution < 1.29 is 13.7 Å². The minimum absolute atomic E-state index is 0.240. The molecule has 0 unspecified atom stereocenters. The van der Waals surface area contributed by atoms with Crippen molar-refractivity contribution in [3.63, 3.8) is 0 Å². The Morgan fingerprint density at radius 3 is 2.29 bits per heavy atom. The maximum absolute atomic E-state index is 13.6. The van der Waals surface area contributed by atoms with Gasteiger partial charge in [-0.2, -0.15) is 0 Å². The fraction of sp³-hybridized carbons (Fsp3) is 0.400. The third kappa shape index (κ3) is 2.88. The number of hydrogen-bond donors (Lipinski definition) is 1. The van der Waals surface area contributed by atoms with E-state index in [1.807, 2.05) is 0 Å². The fourth-order valence-corrected chi connectivity index (χ4v) is 1.54. The van der Waals surface area contributed by atoms with Crippen LogP contribution in [0.25, 0.3) is 0 Å². The SMILES string of the molecule is CCN(CCN)c1c(F)cc([N+](=O)[O-])cc1F. The molecule has 0 amide bonds. The zero-order valence-corrected chi connectivity index (χ0v) is 9.32. The summed E-state index contributed by atoms with van der Waals surface area (Å²) in [6, 6.07) is 1.41. The zero-order valence-electron chi connectivity index (χ0n) is 9.32. The van der Waals surface area contributed by atoms with Gasteiger partial charge >= 0.3 is 0 Å². The first kappa shape index (κ1) is 13.3. The number of benzene rings is 1. The fourth-order valence-electron chi connectivity index (χ4n) is 1.54.